The van der Waals surface area contributed by atoms with Crippen LogP contribution in [0.1, 0.15) is 22.8 Å². The van der Waals surface area contributed by atoms with E-state index in [9.17, 15) is 5.11 Å². The van der Waals surface area contributed by atoms with Gasteiger partial charge < -0.3 is 14.6 Å². The number of aryl methyl sites for hydroxylation is 1. The smallest absolute Gasteiger partial charge is 0.162 e. The number of ether oxygens (including phenoxy) is 2. The van der Waals surface area contributed by atoms with Crippen molar-refractivity contribution in [2.45, 2.75) is 13.0 Å². The number of hydrogen-bond acceptors (Lipinski definition) is 3. The Morgan fingerprint density at radius 3 is 2.48 bits per heavy atom. The van der Waals surface area contributed by atoms with Gasteiger partial charge in [-0.3, -0.25) is 0 Å². The maximum absolute atomic E-state index is 10.7. The van der Waals surface area contributed by atoms with Gasteiger partial charge in [-0.1, -0.05) is 33.6 Å². The molecule has 3 rings (SSSR count). The van der Waals surface area contributed by atoms with Crippen LogP contribution in [0.3, 0.4) is 0 Å². The Balaban J connectivity index is 2.05. The van der Waals surface area contributed by atoms with E-state index in [-0.39, 0.29) is 0 Å². The van der Waals surface area contributed by atoms with E-state index in [2.05, 4.69) is 15.9 Å². The van der Waals surface area contributed by atoms with Gasteiger partial charge in [0.15, 0.2) is 11.5 Å². The molecule has 1 N–H and O–H groups in total. The summed E-state index contributed by atoms with van der Waals surface area (Å²) < 4.78 is 11.9. The summed E-state index contributed by atoms with van der Waals surface area (Å²) in [6.07, 6.45) is -0.783. The van der Waals surface area contributed by atoms with Gasteiger partial charge in [-0.25, -0.2) is 0 Å². The molecule has 0 spiro atoms. The third kappa shape index (κ3) is 2.89. The summed E-state index contributed by atoms with van der Waals surface area (Å²) in [6.45, 7) is 3.00. The first-order valence-electron chi connectivity index (χ1n) is 6.59. The quantitative estimate of drug-likeness (QED) is 0.859. The van der Waals surface area contributed by atoms with Crippen molar-refractivity contribution in [2.75, 3.05) is 13.2 Å². The second kappa shape index (κ2) is 5.87. The molecule has 0 fully saturated rings. The van der Waals surface area contributed by atoms with Crippen molar-refractivity contribution in [2.24, 2.45) is 0 Å². The van der Waals surface area contributed by atoms with Gasteiger partial charge in [0.05, 0.1) is 0 Å². The lowest BCUT2D eigenvalue weighted by atomic mass is 9.97. The SMILES string of the molecule is Cc1ccc(Cl)cc1C(O)c1cc2c(cc1Br)OCCO2. The molecule has 0 amide bonds. The van der Waals surface area contributed by atoms with E-state index in [1.165, 1.54) is 0 Å². The molecule has 2 aromatic carbocycles. The molecule has 3 nitrogen and oxygen atoms in total. The fraction of sp³-hybridized carbons (Fsp3) is 0.250. The summed E-state index contributed by atoms with van der Waals surface area (Å²) in [5.74, 6) is 1.34. The zero-order valence-corrected chi connectivity index (χ0v) is 13.7. The Morgan fingerprint density at radius 2 is 1.76 bits per heavy atom. The number of aliphatic hydroxyl groups is 1. The molecule has 1 aliphatic heterocycles. The largest absolute Gasteiger partial charge is 0.486 e. The first-order valence-corrected chi connectivity index (χ1v) is 7.76. The van der Waals surface area contributed by atoms with Crippen molar-refractivity contribution in [1.29, 1.82) is 0 Å². The van der Waals surface area contributed by atoms with Gasteiger partial charge in [0, 0.05) is 15.1 Å². The summed E-state index contributed by atoms with van der Waals surface area (Å²) in [5.41, 5.74) is 2.48. The number of halogens is 2. The topological polar surface area (TPSA) is 38.7 Å². The van der Waals surface area contributed by atoms with Crippen molar-refractivity contribution in [1.82, 2.24) is 0 Å². The van der Waals surface area contributed by atoms with E-state index < -0.39 is 6.10 Å². The molecule has 1 aliphatic rings. The molecule has 0 radical (unpaired) electrons. The van der Waals surface area contributed by atoms with Crippen molar-refractivity contribution in [3.05, 3.63) is 56.5 Å². The minimum Gasteiger partial charge on any atom is -0.486 e. The average molecular weight is 370 g/mol. The summed E-state index contributed by atoms with van der Waals surface area (Å²) in [4.78, 5) is 0. The highest BCUT2D eigenvalue weighted by atomic mass is 79.9. The highest BCUT2D eigenvalue weighted by molar-refractivity contribution is 9.10. The third-order valence-electron chi connectivity index (χ3n) is 3.49. The Kier molecular flexibility index (Phi) is 4.11. The minimum atomic E-state index is -0.783. The summed E-state index contributed by atoms with van der Waals surface area (Å²) in [6, 6.07) is 9.13. The number of fused-ring (bicyclic) bond motifs is 1. The normalized spacial score (nSPS) is 14.9. The van der Waals surface area contributed by atoms with E-state index in [0.717, 1.165) is 21.2 Å². The third-order valence-corrected chi connectivity index (χ3v) is 4.41. The van der Waals surface area contributed by atoms with Crippen LogP contribution in [0.5, 0.6) is 11.5 Å². The fourth-order valence-corrected chi connectivity index (χ4v) is 3.08. The lowest BCUT2D eigenvalue weighted by Crippen LogP contribution is -2.16. The van der Waals surface area contributed by atoms with E-state index in [1.54, 1.807) is 6.07 Å². The van der Waals surface area contributed by atoms with Crippen molar-refractivity contribution in [3.8, 4) is 11.5 Å². The zero-order valence-electron chi connectivity index (χ0n) is 11.4. The predicted octanol–water partition coefficient (Wildman–Crippen LogP) is 4.26. The molecule has 21 heavy (non-hydrogen) atoms. The van der Waals surface area contributed by atoms with Crippen LogP contribution in [0.15, 0.2) is 34.8 Å². The summed E-state index contributed by atoms with van der Waals surface area (Å²) in [5, 5.41) is 11.3. The number of hydrogen-bond donors (Lipinski definition) is 1. The molecule has 0 saturated heterocycles. The molecule has 0 saturated carbocycles. The summed E-state index contributed by atoms with van der Waals surface area (Å²) in [7, 11) is 0. The molecule has 5 heteroatoms. The van der Waals surface area contributed by atoms with Crippen molar-refractivity contribution in [3.63, 3.8) is 0 Å². The van der Waals surface area contributed by atoms with Crippen molar-refractivity contribution < 1.29 is 14.6 Å². The monoisotopic (exact) mass is 368 g/mol. The fourth-order valence-electron chi connectivity index (χ4n) is 2.36. The van der Waals surface area contributed by atoms with E-state index in [4.69, 9.17) is 21.1 Å². The van der Waals surface area contributed by atoms with Crippen LogP contribution in [-0.4, -0.2) is 18.3 Å². The maximum Gasteiger partial charge on any atom is 0.162 e. The van der Waals surface area contributed by atoms with Gasteiger partial charge in [-0.15, -0.1) is 0 Å². The first kappa shape index (κ1) is 14.7. The van der Waals surface area contributed by atoms with Crippen LogP contribution in [0.25, 0.3) is 0 Å². The number of aliphatic hydroxyl groups excluding tert-OH is 1. The molecule has 1 unspecified atom stereocenters. The van der Waals surface area contributed by atoms with E-state index in [0.29, 0.717) is 29.7 Å². The lowest BCUT2D eigenvalue weighted by Gasteiger charge is -2.22. The van der Waals surface area contributed by atoms with Gasteiger partial charge in [0.1, 0.15) is 19.3 Å². The Hall–Kier alpha value is -1.23. The standard InChI is InChI=1S/C16H14BrClO3/c1-9-2-3-10(18)6-11(9)16(19)12-7-14-15(8-13(12)17)21-5-4-20-14/h2-3,6-8,16,19H,4-5H2,1H3. The minimum absolute atomic E-state index is 0.514. The van der Waals surface area contributed by atoms with Gasteiger partial charge in [0.2, 0.25) is 0 Å². The van der Waals surface area contributed by atoms with Crippen LogP contribution in [0.4, 0.5) is 0 Å². The van der Waals surface area contributed by atoms with Crippen LogP contribution in [0.2, 0.25) is 5.02 Å². The zero-order chi connectivity index (χ0) is 15.0. The van der Waals surface area contributed by atoms with E-state index >= 15 is 0 Å². The number of rotatable bonds is 2. The van der Waals surface area contributed by atoms with Gasteiger partial charge in [0.25, 0.3) is 0 Å². The van der Waals surface area contributed by atoms with Crippen LogP contribution < -0.4 is 9.47 Å². The second-order valence-electron chi connectivity index (χ2n) is 4.92. The van der Waals surface area contributed by atoms with E-state index in [1.807, 2.05) is 31.2 Å². The summed E-state index contributed by atoms with van der Waals surface area (Å²) >= 11 is 9.52. The highest BCUT2D eigenvalue weighted by Crippen LogP contribution is 2.40. The molecule has 0 bridgehead atoms. The van der Waals surface area contributed by atoms with Crippen LogP contribution in [-0.2, 0) is 0 Å². The lowest BCUT2D eigenvalue weighted by molar-refractivity contribution is 0.169. The highest BCUT2D eigenvalue weighted by Gasteiger charge is 2.21. The molecular formula is C16H14BrClO3. The molecule has 2 aromatic rings. The Labute approximate surface area is 136 Å². The number of benzene rings is 2. The predicted molar refractivity (Wildman–Crippen MR) is 85.4 cm³/mol. The molecule has 1 atom stereocenters. The molecular weight excluding hydrogens is 356 g/mol. The second-order valence-corrected chi connectivity index (χ2v) is 6.21. The first-order chi connectivity index (χ1) is 10.1. The van der Waals surface area contributed by atoms with Gasteiger partial charge in [-0.05, 0) is 42.3 Å². The Bertz CT molecular complexity index is 687. The average Bonchev–Trinajstić information content (AvgIpc) is 2.48. The molecule has 0 aromatic heterocycles. The Morgan fingerprint density at radius 1 is 1.10 bits per heavy atom. The van der Waals surface area contributed by atoms with Crippen LogP contribution in [0, 0.1) is 6.92 Å². The van der Waals surface area contributed by atoms with Crippen LogP contribution >= 0.6 is 27.5 Å². The van der Waals surface area contributed by atoms with Gasteiger partial charge >= 0.3 is 0 Å². The van der Waals surface area contributed by atoms with Crippen molar-refractivity contribution >= 4 is 27.5 Å². The van der Waals surface area contributed by atoms with Gasteiger partial charge in [-0.2, -0.15) is 0 Å². The molecule has 1 heterocycles. The molecule has 0 aliphatic carbocycles. The molecule has 110 valence electrons. The maximum atomic E-state index is 10.7.